The zero-order valence-electron chi connectivity index (χ0n) is 17.6. The van der Waals surface area contributed by atoms with Crippen molar-refractivity contribution in [2.24, 2.45) is 11.1 Å². The van der Waals surface area contributed by atoms with Crippen molar-refractivity contribution in [3.63, 3.8) is 0 Å². The van der Waals surface area contributed by atoms with Crippen LogP contribution in [0.3, 0.4) is 0 Å². The van der Waals surface area contributed by atoms with Gasteiger partial charge in [0.2, 0.25) is 5.91 Å². The van der Waals surface area contributed by atoms with E-state index in [0.717, 1.165) is 31.9 Å². The number of alkyl halides is 3. The van der Waals surface area contributed by atoms with Crippen molar-refractivity contribution in [2.45, 2.75) is 52.8 Å². The minimum absolute atomic E-state index is 0.190. The van der Waals surface area contributed by atoms with Crippen LogP contribution < -0.4 is 15.8 Å². The summed E-state index contributed by atoms with van der Waals surface area (Å²) in [4.78, 5) is 11.1. The zero-order chi connectivity index (χ0) is 22.4. The van der Waals surface area contributed by atoms with Crippen LogP contribution >= 0.6 is 0 Å². The summed E-state index contributed by atoms with van der Waals surface area (Å²) in [6.07, 6.45) is -1.46. The predicted octanol–water partition coefficient (Wildman–Crippen LogP) is 5.90. The van der Waals surface area contributed by atoms with Crippen LogP contribution in [-0.2, 0) is 12.7 Å². The molecule has 2 aromatic rings. The van der Waals surface area contributed by atoms with Crippen LogP contribution in [0.5, 0.6) is 11.5 Å². The van der Waals surface area contributed by atoms with Crippen LogP contribution in [0.1, 0.15) is 61.5 Å². The van der Waals surface area contributed by atoms with E-state index in [9.17, 15) is 18.0 Å². The predicted molar refractivity (Wildman–Crippen MR) is 111 cm³/mol. The van der Waals surface area contributed by atoms with Crippen LogP contribution in [0.15, 0.2) is 42.5 Å². The number of carbonyl (C=O) groups is 1. The molecule has 0 saturated carbocycles. The highest BCUT2D eigenvalue weighted by molar-refractivity contribution is 5.92. The summed E-state index contributed by atoms with van der Waals surface area (Å²) >= 11 is 0. The van der Waals surface area contributed by atoms with E-state index in [2.05, 4.69) is 26.1 Å². The topological polar surface area (TPSA) is 64.3 Å². The maximum Gasteiger partial charge on any atom is 0.419 e. The summed E-state index contributed by atoms with van der Waals surface area (Å²) < 4.78 is 46.2. The van der Waals surface area contributed by atoms with Gasteiger partial charge in [0.15, 0.2) is 0 Å². The van der Waals surface area contributed by atoms with Gasteiger partial charge in [-0.05, 0) is 60.3 Å². The number of carbonyl (C=O) groups excluding carboxylic acids is 1. The Hall–Kier alpha value is -2.54. The van der Waals surface area contributed by atoms with Gasteiger partial charge in [0.25, 0.3) is 0 Å². The van der Waals surface area contributed by atoms with Gasteiger partial charge < -0.3 is 15.8 Å². The third-order valence-corrected chi connectivity index (χ3v) is 5.66. The summed E-state index contributed by atoms with van der Waals surface area (Å²) in [5, 5.41) is 3.24. The van der Waals surface area contributed by atoms with Gasteiger partial charge in [-0.3, -0.25) is 4.79 Å². The quantitative estimate of drug-likeness (QED) is 0.468. The van der Waals surface area contributed by atoms with Crippen LogP contribution in [0.25, 0.3) is 0 Å². The molecule has 1 amide bonds. The molecule has 30 heavy (non-hydrogen) atoms. The van der Waals surface area contributed by atoms with Gasteiger partial charge in [-0.25, -0.2) is 0 Å². The summed E-state index contributed by atoms with van der Waals surface area (Å²) in [5.74, 6) is -0.718. The highest BCUT2D eigenvalue weighted by Crippen LogP contribution is 2.39. The van der Waals surface area contributed by atoms with Crippen molar-refractivity contribution in [2.75, 3.05) is 6.54 Å². The summed E-state index contributed by atoms with van der Waals surface area (Å²) in [7, 11) is 0. The van der Waals surface area contributed by atoms with Gasteiger partial charge in [-0.1, -0.05) is 39.7 Å². The Labute approximate surface area is 175 Å². The number of hydrogen-bond acceptors (Lipinski definition) is 3. The Kier molecular flexibility index (Phi) is 7.89. The summed E-state index contributed by atoms with van der Waals surface area (Å²) in [6.45, 7) is 7.61. The van der Waals surface area contributed by atoms with Gasteiger partial charge in [-0.2, -0.15) is 13.2 Å². The number of hydrogen-bond donors (Lipinski definition) is 2. The van der Waals surface area contributed by atoms with Crippen LogP contribution in [0.4, 0.5) is 13.2 Å². The SMILES string of the molecule is CCC(C)(CC)CCNCc1ccc(Oc2ccc(C(N)=O)cc2)c(C(F)(F)F)c1. The number of ether oxygens (including phenoxy) is 1. The second-order valence-corrected chi connectivity index (χ2v) is 7.76. The van der Waals surface area contributed by atoms with E-state index in [4.69, 9.17) is 10.5 Å². The van der Waals surface area contributed by atoms with Crippen molar-refractivity contribution in [3.05, 3.63) is 59.2 Å². The molecule has 0 aromatic heterocycles. The third-order valence-electron chi connectivity index (χ3n) is 5.66. The number of halogens is 3. The maximum absolute atomic E-state index is 13.6. The van der Waals surface area contributed by atoms with E-state index < -0.39 is 17.6 Å². The minimum atomic E-state index is -4.55. The van der Waals surface area contributed by atoms with Crippen LogP contribution in [0.2, 0.25) is 0 Å². The summed E-state index contributed by atoms with van der Waals surface area (Å²) in [5.41, 5.74) is 5.36. The van der Waals surface area contributed by atoms with Crippen LogP contribution in [-0.4, -0.2) is 12.5 Å². The molecule has 0 spiro atoms. The standard InChI is InChI=1S/C23H29F3N2O2/c1-4-22(3,5-2)12-13-28-15-16-6-11-20(19(14-16)23(24,25)26)30-18-9-7-17(8-10-18)21(27)29/h6-11,14,28H,4-5,12-13,15H2,1-3H3,(H2,27,29). The lowest BCUT2D eigenvalue weighted by Crippen LogP contribution is -2.23. The van der Waals surface area contributed by atoms with Crippen molar-refractivity contribution in [3.8, 4) is 11.5 Å². The lowest BCUT2D eigenvalue weighted by Gasteiger charge is -2.26. The Bertz CT molecular complexity index is 845. The number of rotatable bonds is 10. The third kappa shape index (κ3) is 6.49. The fraction of sp³-hybridized carbons (Fsp3) is 0.435. The fourth-order valence-corrected chi connectivity index (χ4v) is 3.04. The van der Waals surface area contributed by atoms with E-state index in [1.165, 1.54) is 30.3 Å². The van der Waals surface area contributed by atoms with Crippen molar-refractivity contribution < 1.29 is 22.7 Å². The largest absolute Gasteiger partial charge is 0.457 e. The molecule has 7 heteroatoms. The van der Waals surface area contributed by atoms with E-state index in [0.29, 0.717) is 12.1 Å². The second-order valence-electron chi connectivity index (χ2n) is 7.76. The van der Waals surface area contributed by atoms with E-state index in [1.807, 2.05) is 0 Å². The first kappa shape index (κ1) is 23.7. The van der Waals surface area contributed by atoms with E-state index in [-0.39, 0.29) is 22.5 Å². The van der Waals surface area contributed by atoms with Crippen molar-refractivity contribution in [1.29, 1.82) is 0 Å². The first-order valence-corrected chi connectivity index (χ1v) is 10.1. The molecule has 164 valence electrons. The molecule has 0 heterocycles. The Balaban J connectivity index is 2.10. The molecule has 2 aromatic carbocycles. The first-order valence-electron chi connectivity index (χ1n) is 10.1. The van der Waals surface area contributed by atoms with Crippen molar-refractivity contribution >= 4 is 5.91 Å². The number of nitrogens with two attached hydrogens (primary N) is 1. The van der Waals surface area contributed by atoms with Gasteiger partial charge >= 0.3 is 6.18 Å². The van der Waals surface area contributed by atoms with Crippen LogP contribution in [0, 0.1) is 5.41 Å². The van der Waals surface area contributed by atoms with E-state index in [1.54, 1.807) is 6.07 Å². The highest BCUT2D eigenvalue weighted by Gasteiger charge is 2.35. The van der Waals surface area contributed by atoms with Gasteiger partial charge in [0.05, 0.1) is 5.56 Å². The Morgan fingerprint density at radius 1 is 1.07 bits per heavy atom. The lowest BCUT2D eigenvalue weighted by molar-refractivity contribution is -0.138. The zero-order valence-corrected chi connectivity index (χ0v) is 17.6. The molecule has 0 aliphatic heterocycles. The molecular weight excluding hydrogens is 393 g/mol. The minimum Gasteiger partial charge on any atom is -0.457 e. The maximum atomic E-state index is 13.6. The lowest BCUT2D eigenvalue weighted by atomic mass is 9.81. The molecule has 0 aliphatic carbocycles. The monoisotopic (exact) mass is 422 g/mol. The molecule has 4 nitrogen and oxygen atoms in total. The number of benzene rings is 2. The molecule has 0 unspecified atom stereocenters. The summed E-state index contributed by atoms with van der Waals surface area (Å²) in [6, 6.07) is 9.69. The molecule has 0 atom stereocenters. The van der Waals surface area contributed by atoms with E-state index >= 15 is 0 Å². The molecular formula is C23H29F3N2O2. The Morgan fingerprint density at radius 3 is 2.23 bits per heavy atom. The normalized spacial score (nSPS) is 12.1. The van der Waals surface area contributed by atoms with Crippen molar-refractivity contribution in [1.82, 2.24) is 5.32 Å². The molecule has 0 aliphatic rings. The average Bonchev–Trinajstić information content (AvgIpc) is 2.71. The fourth-order valence-electron chi connectivity index (χ4n) is 3.04. The smallest absolute Gasteiger partial charge is 0.419 e. The number of nitrogens with one attached hydrogen (secondary N) is 1. The second kappa shape index (κ2) is 9.98. The van der Waals surface area contributed by atoms with Gasteiger partial charge in [0, 0.05) is 12.1 Å². The molecule has 0 saturated heterocycles. The van der Waals surface area contributed by atoms with Gasteiger partial charge in [0.1, 0.15) is 11.5 Å². The molecule has 0 fully saturated rings. The average molecular weight is 422 g/mol. The number of primary amides is 1. The molecule has 0 radical (unpaired) electrons. The molecule has 3 N–H and O–H groups in total. The first-order chi connectivity index (χ1) is 14.1. The molecule has 2 rings (SSSR count). The number of amides is 1. The Morgan fingerprint density at radius 2 is 1.70 bits per heavy atom. The highest BCUT2D eigenvalue weighted by atomic mass is 19.4. The molecule has 0 bridgehead atoms. The van der Waals surface area contributed by atoms with Gasteiger partial charge in [-0.15, -0.1) is 0 Å².